The van der Waals surface area contributed by atoms with Gasteiger partial charge in [-0.05, 0) is 49.9 Å². The maximum atomic E-state index is 11.7. The minimum atomic E-state index is -1.01. The van der Waals surface area contributed by atoms with Crippen molar-refractivity contribution in [3.63, 3.8) is 0 Å². The van der Waals surface area contributed by atoms with Crippen LogP contribution in [0.2, 0.25) is 0 Å². The lowest BCUT2D eigenvalue weighted by Gasteiger charge is -2.22. The van der Waals surface area contributed by atoms with Crippen LogP contribution in [0.5, 0.6) is 5.75 Å². The summed E-state index contributed by atoms with van der Waals surface area (Å²) in [6, 6.07) is 6.07. The standard InChI is InChI=1S/C17H27NO3/c1-6-20-16(19)17(5,18)9-10-21-14-7-8-15(12(2)3)13(4)11-14/h7-8,11-12H,6,9-10,18H2,1-5H3. The van der Waals surface area contributed by atoms with Gasteiger partial charge < -0.3 is 15.2 Å². The quantitative estimate of drug-likeness (QED) is 0.784. The molecule has 0 radical (unpaired) electrons. The Bertz CT molecular complexity index is 481. The molecule has 0 saturated heterocycles. The number of aryl methyl sites for hydroxylation is 1. The highest BCUT2D eigenvalue weighted by Crippen LogP contribution is 2.23. The van der Waals surface area contributed by atoms with Crippen LogP contribution in [0.4, 0.5) is 0 Å². The van der Waals surface area contributed by atoms with E-state index in [0.29, 0.717) is 25.6 Å². The lowest BCUT2D eigenvalue weighted by molar-refractivity contribution is -0.149. The second-order valence-corrected chi connectivity index (χ2v) is 5.91. The Morgan fingerprint density at radius 1 is 1.38 bits per heavy atom. The van der Waals surface area contributed by atoms with Crippen LogP contribution < -0.4 is 10.5 Å². The first kappa shape index (κ1) is 17.5. The van der Waals surface area contributed by atoms with Gasteiger partial charge in [0.2, 0.25) is 0 Å². The molecule has 0 aliphatic carbocycles. The molecule has 118 valence electrons. The molecule has 4 nitrogen and oxygen atoms in total. The van der Waals surface area contributed by atoms with Crippen molar-refractivity contribution in [1.29, 1.82) is 0 Å². The molecule has 1 aromatic rings. The summed E-state index contributed by atoms with van der Waals surface area (Å²) in [5, 5.41) is 0. The Labute approximate surface area is 127 Å². The first-order chi connectivity index (χ1) is 9.77. The lowest BCUT2D eigenvalue weighted by Crippen LogP contribution is -2.47. The summed E-state index contributed by atoms with van der Waals surface area (Å²) in [7, 11) is 0. The third-order valence-corrected chi connectivity index (χ3v) is 3.50. The summed E-state index contributed by atoms with van der Waals surface area (Å²) in [5.74, 6) is 0.909. The smallest absolute Gasteiger partial charge is 0.325 e. The predicted molar refractivity (Wildman–Crippen MR) is 84.6 cm³/mol. The van der Waals surface area contributed by atoms with Crippen molar-refractivity contribution in [3.8, 4) is 5.75 Å². The van der Waals surface area contributed by atoms with Crippen LogP contribution in [-0.4, -0.2) is 24.7 Å². The third kappa shape index (κ3) is 5.05. The van der Waals surface area contributed by atoms with Gasteiger partial charge in [-0.1, -0.05) is 19.9 Å². The average Bonchev–Trinajstić information content (AvgIpc) is 2.38. The van der Waals surface area contributed by atoms with Crippen molar-refractivity contribution in [2.75, 3.05) is 13.2 Å². The second kappa shape index (κ2) is 7.46. The topological polar surface area (TPSA) is 61.5 Å². The molecule has 4 heteroatoms. The van der Waals surface area contributed by atoms with Gasteiger partial charge in [0.25, 0.3) is 0 Å². The van der Waals surface area contributed by atoms with E-state index in [0.717, 1.165) is 5.75 Å². The summed E-state index contributed by atoms with van der Waals surface area (Å²) >= 11 is 0. The summed E-state index contributed by atoms with van der Waals surface area (Å²) in [6.07, 6.45) is 0.414. The number of carbonyl (C=O) groups excluding carboxylic acids is 1. The first-order valence-electron chi connectivity index (χ1n) is 7.47. The van der Waals surface area contributed by atoms with Gasteiger partial charge in [0.15, 0.2) is 0 Å². The van der Waals surface area contributed by atoms with Gasteiger partial charge in [-0.3, -0.25) is 4.79 Å². The van der Waals surface area contributed by atoms with Crippen LogP contribution in [-0.2, 0) is 9.53 Å². The fourth-order valence-electron chi connectivity index (χ4n) is 2.16. The molecular formula is C17H27NO3. The van der Waals surface area contributed by atoms with Crippen LogP contribution in [0.15, 0.2) is 18.2 Å². The molecule has 0 heterocycles. The lowest BCUT2D eigenvalue weighted by atomic mass is 9.98. The van der Waals surface area contributed by atoms with E-state index in [4.69, 9.17) is 15.2 Å². The van der Waals surface area contributed by atoms with E-state index in [-0.39, 0.29) is 5.97 Å². The van der Waals surface area contributed by atoms with Crippen LogP contribution >= 0.6 is 0 Å². The maximum absolute atomic E-state index is 11.7. The number of hydrogen-bond donors (Lipinski definition) is 1. The Balaban J connectivity index is 2.56. The number of hydrogen-bond acceptors (Lipinski definition) is 4. The first-order valence-corrected chi connectivity index (χ1v) is 7.47. The second-order valence-electron chi connectivity index (χ2n) is 5.91. The molecule has 0 aliphatic heterocycles. The van der Waals surface area contributed by atoms with E-state index in [1.54, 1.807) is 13.8 Å². The van der Waals surface area contributed by atoms with Crippen molar-refractivity contribution in [1.82, 2.24) is 0 Å². The van der Waals surface area contributed by atoms with E-state index in [9.17, 15) is 4.79 Å². The van der Waals surface area contributed by atoms with Gasteiger partial charge in [-0.25, -0.2) is 0 Å². The Morgan fingerprint density at radius 3 is 2.57 bits per heavy atom. The molecule has 0 amide bonds. The zero-order chi connectivity index (χ0) is 16.0. The van der Waals surface area contributed by atoms with Gasteiger partial charge in [0.05, 0.1) is 13.2 Å². The van der Waals surface area contributed by atoms with E-state index < -0.39 is 5.54 Å². The summed E-state index contributed by atoms with van der Waals surface area (Å²) in [6.45, 7) is 10.6. The van der Waals surface area contributed by atoms with Crippen LogP contribution in [0.1, 0.15) is 51.2 Å². The van der Waals surface area contributed by atoms with E-state index >= 15 is 0 Å². The summed E-state index contributed by atoms with van der Waals surface area (Å²) in [5.41, 5.74) is 7.47. The third-order valence-electron chi connectivity index (χ3n) is 3.50. The number of ether oxygens (including phenoxy) is 2. The molecule has 1 rings (SSSR count). The molecule has 21 heavy (non-hydrogen) atoms. The van der Waals surface area contributed by atoms with Gasteiger partial charge in [-0.2, -0.15) is 0 Å². The molecule has 1 aromatic carbocycles. The molecule has 2 N–H and O–H groups in total. The highest BCUT2D eigenvalue weighted by molar-refractivity contribution is 5.79. The molecule has 0 aromatic heterocycles. The molecule has 0 saturated carbocycles. The Morgan fingerprint density at radius 2 is 2.05 bits per heavy atom. The van der Waals surface area contributed by atoms with Gasteiger partial charge in [-0.15, -0.1) is 0 Å². The predicted octanol–water partition coefficient (Wildman–Crippen LogP) is 3.17. The van der Waals surface area contributed by atoms with E-state index in [1.807, 2.05) is 12.1 Å². The summed E-state index contributed by atoms with van der Waals surface area (Å²) < 4.78 is 10.6. The number of esters is 1. The molecule has 0 fully saturated rings. The fourth-order valence-corrected chi connectivity index (χ4v) is 2.16. The highest BCUT2D eigenvalue weighted by atomic mass is 16.5. The number of benzene rings is 1. The van der Waals surface area contributed by atoms with E-state index in [1.165, 1.54) is 11.1 Å². The van der Waals surface area contributed by atoms with Gasteiger partial charge >= 0.3 is 5.97 Å². The molecule has 0 spiro atoms. The number of nitrogens with two attached hydrogens (primary N) is 1. The average molecular weight is 293 g/mol. The van der Waals surface area contributed by atoms with Gasteiger partial charge in [0.1, 0.15) is 11.3 Å². The van der Waals surface area contributed by atoms with Crippen LogP contribution in [0.3, 0.4) is 0 Å². The SMILES string of the molecule is CCOC(=O)C(C)(N)CCOc1ccc(C(C)C)c(C)c1. The monoisotopic (exact) mass is 293 g/mol. The Kier molecular flexibility index (Phi) is 6.21. The maximum Gasteiger partial charge on any atom is 0.325 e. The minimum absolute atomic E-state index is 0.336. The number of rotatable bonds is 7. The van der Waals surface area contributed by atoms with Crippen molar-refractivity contribution in [3.05, 3.63) is 29.3 Å². The van der Waals surface area contributed by atoms with Crippen molar-refractivity contribution >= 4 is 5.97 Å². The van der Waals surface area contributed by atoms with Crippen molar-refractivity contribution < 1.29 is 14.3 Å². The molecule has 0 bridgehead atoms. The van der Waals surface area contributed by atoms with Crippen molar-refractivity contribution in [2.45, 2.75) is 52.5 Å². The zero-order valence-corrected chi connectivity index (χ0v) is 13.7. The van der Waals surface area contributed by atoms with Gasteiger partial charge in [0, 0.05) is 6.42 Å². The van der Waals surface area contributed by atoms with Crippen molar-refractivity contribution in [2.24, 2.45) is 5.73 Å². The van der Waals surface area contributed by atoms with E-state index in [2.05, 4.69) is 26.8 Å². The molecule has 1 atom stereocenters. The van der Waals surface area contributed by atoms with Crippen LogP contribution in [0, 0.1) is 6.92 Å². The van der Waals surface area contributed by atoms with Crippen LogP contribution in [0.25, 0.3) is 0 Å². The number of carbonyl (C=O) groups is 1. The zero-order valence-electron chi connectivity index (χ0n) is 13.7. The Hall–Kier alpha value is -1.55. The fraction of sp³-hybridized carbons (Fsp3) is 0.588. The molecule has 0 aliphatic rings. The molecule has 1 unspecified atom stereocenters. The normalized spacial score (nSPS) is 13.9. The largest absolute Gasteiger partial charge is 0.493 e. The molecular weight excluding hydrogens is 266 g/mol. The summed E-state index contributed by atoms with van der Waals surface area (Å²) in [4.78, 5) is 11.7. The highest BCUT2D eigenvalue weighted by Gasteiger charge is 2.29. The minimum Gasteiger partial charge on any atom is -0.493 e.